The monoisotopic (exact) mass is 453 g/mol. The van der Waals surface area contributed by atoms with E-state index in [0.29, 0.717) is 31.6 Å². The van der Waals surface area contributed by atoms with Crippen molar-refractivity contribution in [1.29, 1.82) is 0 Å². The zero-order valence-electron chi connectivity index (χ0n) is 20.4. The Morgan fingerprint density at radius 2 is 2.00 bits per heavy atom. The SMILES string of the molecule is CCN=C(OCCCOC1=C/C=C/C(CCC(CC)C(=O)OC)CC\C=C\1)c1ccccc1. The van der Waals surface area contributed by atoms with Crippen LogP contribution < -0.4 is 0 Å². The largest absolute Gasteiger partial charge is 0.493 e. The number of hydrogen-bond acceptors (Lipinski definition) is 5. The predicted molar refractivity (Wildman–Crippen MR) is 134 cm³/mol. The quantitative estimate of drug-likeness (QED) is 0.162. The number of carbonyl (C=O) groups excluding carboxylic acids is 1. The minimum atomic E-state index is -0.0964. The molecule has 0 spiro atoms. The van der Waals surface area contributed by atoms with Gasteiger partial charge in [-0.3, -0.25) is 9.79 Å². The third-order valence-corrected chi connectivity index (χ3v) is 5.66. The summed E-state index contributed by atoms with van der Waals surface area (Å²) in [6.07, 6.45) is 16.0. The number of benzene rings is 1. The Morgan fingerprint density at radius 3 is 2.73 bits per heavy atom. The van der Waals surface area contributed by atoms with Gasteiger partial charge in [0, 0.05) is 18.5 Å². The van der Waals surface area contributed by atoms with Gasteiger partial charge in [0.2, 0.25) is 5.90 Å². The Hall–Kier alpha value is -2.82. The lowest BCUT2D eigenvalue weighted by molar-refractivity contribution is -0.145. The standard InChI is InChI=1S/C28H39NO4/c1-4-24(28(30)31-3)20-19-23-13-9-10-17-26(18-11-14-23)32-21-12-22-33-27(29-5-2)25-15-7-6-8-16-25/h6-8,10-11,14-18,23-24H,4-5,9,12-13,19-22H2,1-3H3/b14-11+,17-10+,26-18+,29-27?. The van der Waals surface area contributed by atoms with Gasteiger partial charge in [0.15, 0.2) is 0 Å². The van der Waals surface area contributed by atoms with Gasteiger partial charge >= 0.3 is 5.97 Å². The van der Waals surface area contributed by atoms with E-state index in [-0.39, 0.29) is 11.9 Å². The molecule has 0 aromatic heterocycles. The van der Waals surface area contributed by atoms with E-state index in [2.05, 4.69) is 23.2 Å². The van der Waals surface area contributed by atoms with Crippen LogP contribution in [0.2, 0.25) is 0 Å². The van der Waals surface area contributed by atoms with Gasteiger partial charge < -0.3 is 14.2 Å². The molecule has 180 valence electrons. The number of carbonyl (C=O) groups is 1. The molecule has 5 heteroatoms. The molecule has 0 heterocycles. The maximum atomic E-state index is 11.8. The van der Waals surface area contributed by atoms with Crippen molar-refractivity contribution >= 4 is 11.9 Å². The number of allylic oxidation sites excluding steroid dienone is 5. The van der Waals surface area contributed by atoms with E-state index in [1.807, 2.05) is 56.3 Å². The molecule has 2 unspecified atom stereocenters. The van der Waals surface area contributed by atoms with Gasteiger partial charge in [0.1, 0.15) is 5.76 Å². The smallest absolute Gasteiger partial charge is 0.308 e. The normalized spacial score (nSPS) is 20.9. The molecule has 0 saturated heterocycles. The number of ether oxygens (including phenoxy) is 3. The van der Waals surface area contributed by atoms with E-state index < -0.39 is 0 Å². The molecule has 5 nitrogen and oxygen atoms in total. The summed E-state index contributed by atoms with van der Waals surface area (Å²) in [7, 11) is 1.47. The molecule has 2 atom stereocenters. The van der Waals surface area contributed by atoms with Gasteiger partial charge in [-0.15, -0.1) is 0 Å². The van der Waals surface area contributed by atoms with E-state index >= 15 is 0 Å². The molecule has 0 bridgehead atoms. The molecule has 1 aliphatic rings. The third kappa shape index (κ3) is 10.1. The highest BCUT2D eigenvalue weighted by molar-refractivity contribution is 5.94. The maximum absolute atomic E-state index is 11.8. The molecule has 0 radical (unpaired) electrons. The van der Waals surface area contributed by atoms with Crippen LogP contribution >= 0.6 is 0 Å². The number of esters is 1. The minimum Gasteiger partial charge on any atom is -0.493 e. The minimum absolute atomic E-state index is 0.00648. The number of nitrogens with zero attached hydrogens (tertiary/aromatic N) is 1. The molecule has 0 aliphatic heterocycles. The Kier molecular flexibility index (Phi) is 12.7. The third-order valence-electron chi connectivity index (χ3n) is 5.66. The van der Waals surface area contributed by atoms with Gasteiger partial charge in [-0.1, -0.05) is 43.4 Å². The van der Waals surface area contributed by atoms with Crippen LogP contribution in [-0.2, 0) is 19.0 Å². The lowest BCUT2D eigenvalue weighted by Gasteiger charge is -2.16. The van der Waals surface area contributed by atoms with Crippen LogP contribution in [0.5, 0.6) is 0 Å². The summed E-state index contributed by atoms with van der Waals surface area (Å²) in [4.78, 5) is 16.3. The maximum Gasteiger partial charge on any atom is 0.308 e. The molecular weight excluding hydrogens is 414 g/mol. The first-order valence-electron chi connectivity index (χ1n) is 12.2. The average molecular weight is 454 g/mol. The number of methoxy groups -OCH3 is 1. The van der Waals surface area contributed by atoms with Crippen LogP contribution in [0.25, 0.3) is 0 Å². The van der Waals surface area contributed by atoms with Crippen LogP contribution in [-0.4, -0.2) is 38.7 Å². The summed E-state index contributed by atoms with van der Waals surface area (Å²) < 4.78 is 16.8. The van der Waals surface area contributed by atoms with Gasteiger partial charge in [0.25, 0.3) is 0 Å². The van der Waals surface area contributed by atoms with Crippen molar-refractivity contribution in [2.24, 2.45) is 16.8 Å². The molecule has 0 saturated carbocycles. The zero-order valence-corrected chi connectivity index (χ0v) is 20.4. The lowest BCUT2D eigenvalue weighted by Crippen LogP contribution is -2.16. The first-order valence-corrected chi connectivity index (χ1v) is 12.2. The van der Waals surface area contributed by atoms with E-state index in [4.69, 9.17) is 14.2 Å². The molecule has 1 aromatic rings. The van der Waals surface area contributed by atoms with E-state index in [9.17, 15) is 4.79 Å². The highest BCUT2D eigenvalue weighted by Gasteiger charge is 2.18. The number of aliphatic imine (C=N–C) groups is 1. The molecule has 2 rings (SSSR count). The second-order valence-corrected chi connectivity index (χ2v) is 8.10. The predicted octanol–water partition coefficient (Wildman–Crippen LogP) is 6.26. The van der Waals surface area contributed by atoms with Crippen molar-refractivity contribution in [3.63, 3.8) is 0 Å². The van der Waals surface area contributed by atoms with Crippen LogP contribution in [0.1, 0.15) is 57.9 Å². The summed E-state index contributed by atoms with van der Waals surface area (Å²) in [6.45, 7) is 5.87. The Morgan fingerprint density at radius 1 is 1.18 bits per heavy atom. The van der Waals surface area contributed by atoms with Gasteiger partial charge in [-0.05, 0) is 69.2 Å². The topological polar surface area (TPSA) is 57.1 Å². The van der Waals surface area contributed by atoms with Crippen LogP contribution in [0, 0.1) is 11.8 Å². The molecule has 0 N–H and O–H groups in total. The first kappa shape index (κ1) is 26.4. The molecule has 1 aromatic carbocycles. The fraction of sp³-hybridized carbons (Fsp3) is 0.500. The zero-order chi connectivity index (χ0) is 23.7. The van der Waals surface area contributed by atoms with E-state index in [1.165, 1.54) is 7.11 Å². The Labute approximate surface area is 199 Å². The molecule has 1 aliphatic carbocycles. The van der Waals surface area contributed by atoms with Crippen molar-refractivity contribution < 1.29 is 19.0 Å². The summed E-state index contributed by atoms with van der Waals surface area (Å²) in [5.74, 6) is 1.89. The van der Waals surface area contributed by atoms with Gasteiger partial charge in [-0.25, -0.2) is 0 Å². The van der Waals surface area contributed by atoms with Crippen molar-refractivity contribution in [3.05, 3.63) is 72.0 Å². The fourth-order valence-corrected chi connectivity index (χ4v) is 3.74. The van der Waals surface area contributed by atoms with Crippen LogP contribution in [0.4, 0.5) is 0 Å². The van der Waals surface area contributed by atoms with E-state index in [1.54, 1.807) is 0 Å². The van der Waals surface area contributed by atoms with Crippen molar-refractivity contribution in [2.75, 3.05) is 26.9 Å². The number of hydrogen-bond donors (Lipinski definition) is 0. The molecule has 33 heavy (non-hydrogen) atoms. The number of rotatable bonds is 12. The van der Waals surface area contributed by atoms with Crippen molar-refractivity contribution in [1.82, 2.24) is 0 Å². The van der Waals surface area contributed by atoms with Gasteiger partial charge in [0.05, 0.1) is 26.2 Å². The summed E-state index contributed by atoms with van der Waals surface area (Å²) >= 11 is 0. The van der Waals surface area contributed by atoms with Crippen molar-refractivity contribution in [3.8, 4) is 0 Å². The second-order valence-electron chi connectivity index (χ2n) is 8.10. The van der Waals surface area contributed by atoms with Crippen LogP contribution in [0.15, 0.2) is 71.5 Å². The summed E-state index contributed by atoms with van der Waals surface area (Å²) in [6, 6.07) is 9.98. The first-order chi connectivity index (χ1) is 16.2. The highest BCUT2D eigenvalue weighted by atomic mass is 16.5. The lowest BCUT2D eigenvalue weighted by atomic mass is 9.91. The Balaban J connectivity index is 1.77. The highest BCUT2D eigenvalue weighted by Crippen LogP contribution is 2.23. The second kappa shape index (κ2) is 15.9. The summed E-state index contributed by atoms with van der Waals surface area (Å²) in [5.41, 5.74) is 0.999. The summed E-state index contributed by atoms with van der Waals surface area (Å²) in [5, 5.41) is 0. The average Bonchev–Trinajstić information content (AvgIpc) is 2.96. The Bertz CT molecular complexity index is 810. The van der Waals surface area contributed by atoms with Crippen molar-refractivity contribution in [2.45, 2.75) is 52.4 Å². The van der Waals surface area contributed by atoms with E-state index in [0.717, 1.165) is 49.8 Å². The fourth-order valence-electron chi connectivity index (χ4n) is 3.74. The molecular formula is C28H39NO4. The molecule has 0 fully saturated rings. The van der Waals surface area contributed by atoms with Gasteiger partial charge in [-0.2, -0.15) is 0 Å². The van der Waals surface area contributed by atoms with Crippen LogP contribution in [0.3, 0.4) is 0 Å². The molecule has 0 amide bonds.